The molecule has 6 heteroatoms. The van der Waals surface area contributed by atoms with Crippen LogP contribution in [0.25, 0.3) is 11.3 Å². The molecule has 3 fully saturated rings. The van der Waals surface area contributed by atoms with Gasteiger partial charge in [0, 0.05) is 43.2 Å². The van der Waals surface area contributed by atoms with Crippen molar-refractivity contribution in [1.29, 1.82) is 0 Å². The first kappa shape index (κ1) is 18.0. The average molecular weight is 368 g/mol. The second kappa shape index (κ2) is 7.35. The smallest absolute Gasteiger partial charge is 0.216 e. The molecule has 1 aromatic carbocycles. The molecule has 0 aliphatic carbocycles. The summed E-state index contributed by atoms with van der Waals surface area (Å²) in [6, 6.07) is 8.95. The van der Waals surface area contributed by atoms with Crippen molar-refractivity contribution in [2.45, 2.75) is 38.6 Å². The second-order valence-electron chi connectivity index (χ2n) is 7.71. The van der Waals surface area contributed by atoms with Crippen LogP contribution in [0.3, 0.4) is 0 Å². The highest BCUT2D eigenvalue weighted by Crippen LogP contribution is 2.41. The molecule has 3 saturated heterocycles. The van der Waals surface area contributed by atoms with Gasteiger partial charge in [-0.15, -0.1) is 0 Å². The zero-order valence-electron chi connectivity index (χ0n) is 15.8. The first-order chi connectivity index (χ1) is 13.0. The molecule has 1 aromatic heterocycles. The lowest BCUT2D eigenvalue weighted by Crippen LogP contribution is -2.56. The molecule has 4 heterocycles. The van der Waals surface area contributed by atoms with Gasteiger partial charge >= 0.3 is 0 Å². The van der Waals surface area contributed by atoms with E-state index in [4.69, 9.17) is 4.98 Å². The van der Waals surface area contributed by atoms with E-state index in [1.807, 2.05) is 6.92 Å². The van der Waals surface area contributed by atoms with Crippen LogP contribution in [0.15, 0.2) is 30.3 Å². The Hall–Kier alpha value is -2.34. The molecule has 142 valence electrons. The summed E-state index contributed by atoms with van der Waals surface area (Å²) in [7, 11) is 0. The van der Waals surface area contributed by atoms with Gasteiger partial charge in [0.25, 0.3) is 0 Å². The Balaban J connectivity index is 1.56. The van der Waals surface area contributed by atoms with Gasteiger partial charge in [-0.3, -0.25) is 9.69 Å². The molecule has 1 N–H and O–H groups in total. The fourth-order valence-electron chi connectivity index (χ4n) is 4.50. The Bertz CT molecular complexity index is 839. The number of halogens is 1. The van der Waals surface area contributed by atoms with Crippen LogP contribution in [0.1, 0.15) is 37.2 Å². The second-order valence-corrected chi connectivity index (χ2v) is 7.71. The number of rotatable bonds is 4. The van der Waals surface area contributed by atoms with Crippen LogP contribution in [0.4, 0.5) is 4.39 Å². The minimum Gasteiger partial charge on any atom is -0.355 e. The Morgan fingerprint density at radius 2 is 2.07 bits per heavy atom. The lowest BCUT2D eigenvalue weighted by molar-refractivity contribution is -0.119. The third-order valence-corrected chi connectivity index (χ3v) is 5.84. The predicted octanol–water partition coefficient (Wildman–Crippen LogP) is 2.91. The first-order valence-electron chi connectivity index (χ1n) is 9.59. The summed E-state index contributed by atoms with van der Waals surface area (Å²) in [5.74, 6) is 1.49. The highest BCUT2D eigenvalue weighted by Gasteiger charge is 2.41. The zero-order chi connectivity index (χ0) is 19.0. The minimum absolute atomic E-state index is 0.0320. The van der Waals surface area contributed by atoms with E-state index in [0.29, 0.717) is 17.9 Å². The number of nitrogens with zero attached hydrogens (tertiary/aromatic N) is 3. The van der Waals surface area contributed by atoms with E-state index in [1.54, 1.807) is 19.1 Å². The summed E-state index contributed by atoms with van der Waals surface area (Å²) in [5.41, 5.74) is 2.84. The number of hydrogen-bond acceptors (Lipinski definition) is 4. The largest absolute Gasteiger partial charge is 0.355 e. The molecule has 5 rings (SSSR count). The van der Waals surface area contributed by atoms with Crippen LogP contribution < -0.4 is 5.32 Å². The zero-order valence-corrected chi connectivity index (χ0v) is 15.8. The fraction of sp³-hybridized carbons (Fsp3) is 0.476. The van der Waals surface area contributed by atoms with Gasteiger partial charge in [0.15, 0.2) is 0 Å². The quantitative estimate of drug-likeness (QED) is 0.902. The lowest BCUT2D eigenvalue weighted by Gasteiger charge is -2.49. The number of aromatic nitrogens is 2. The standard InChI is InChI=1S/C21H25FN4O/c1-13-24-20(15-3-5-17(22)6-4-15)10-21(25-13)19-12-26-8-7-16(19)9-18(26)11-23-14(2)27/h3-6,10,16,18-19H,7-9,11-12H2,1-2H3,(H,23,27)/t16-,18+,19+/m0/s1. The van der Waals surface area contributed by atoms with Crippen molar-refractivity contribution in [3.8, 4) is 11.3 Å². The maximum atomic E-state index is 13.2. The van der Waals surface area contributed by atoms with Crippen molar-refractivity contribution in [1.82, 2.24) is 20.2 Å². The predicted molar refractivity (Wildman–Crippen MR) is 102 cm³/mol. The Kier molecular flexibility index (Phi) is 4.91. The van der Waals surface area contributed by atoms with Gasteiger partial charge in [-0.05, 0) is 62.6 Å². The van der Waals surface area contributed by atoms with Crippen LogP contribution in [-0.2, 0) is 4.79 Å². The molecule has 3 aliphatic heterocycles. The molecule has 2 aromatic rings. The Morgan fingerprint density at radius 1 is 1.30 bits per heavy atom. The van der Waals surface area contributed by atoms with Crippen LogP contribution in [0.2, 0.25) is 0 Å². The van der Waals surface area contributed by atoms with E-state index >= 15 is 0 Å². The third-order valence-electron chi connectivity index (χ3n) is 5.84. The van der Waals surface area contributed by atoms with Crippen LogP contribution in [0.5, 0.6) is 0 Å². The molecule has 2 bridgehead atoms. The Morgan fingerprint density at radius 3 is 2.74 bits per heavy atom. The number of nitrogens with one attached hydrogen (secondary N) is 1. The summed E-state index contributed by atoms with van der Waals surface area (Å²) < 4.78 is 13.2. The molecule has 0 saturated carbocycles. The number of benzene rings is 1. The lowest BCUT2D eigenvalue weighted by atomic mass is 9.74. The number of carbonyl (C=O) groups is 1. The number of fused-ring (bicyclic) bond motifs is 3. The van der Waals surface area contributed by atoms with Crippen molar-refractivity contribution in [2.24, 2.45) is 5.92 Å². The fourth-order valence-corrected chi connectivity index (χ4v) is 4.50. The van der Waals surface area contributed by atoms with Gasteiger partial charge in [0.05, 0.1) is 5.69 Å². The van der Waals surface area contributed by atoms with Crippen molar-refractivity contribution >= 4 is 5.91 Å². The number of carbonyl (C=O) groups excluding carboxylic acids is 1. The van der Waals surface area contributed by atoms with Crippen LogP contribution in [0, 0.1) is 18.7 Å². The normalized spacial score (nSPS) is 26.8. The monoisotopic (exact) mass is 368 g/mol. The van der Waals surface area contributed by atoms with Crippen molar-refractivity contribution in [3.05, 3.63) is 47.7 Å². The molecule has 27 heavy (non-hydrogen) atoms. The molecule has 0 radical (unpaired) electrons. The number of aryl methyl sites for hydroxylation is 1. The maximum absolute atomic E-state index is 13.2. The molecular formula is C21H25FN4O. The Labute approximate surface area is 159 Å². The van der Waals surface area contributed by atoms with Crippen molar-refractivity contribution in [2.75, 3.05) is 19.6 Å². The molecule has 3 aliphatic rings. The molecule has 4 atom stereocenters. The summed E-state index contributed by atoms with van der Waals surface area (Å²) in [5, 5.41) is 2.96. The average Bonchev–Trinajstić information content (AvgIpc) is 2.67. The summed E-state index contributed by atoms with van der Waals surface area (Å²) in [6.45, 7) is 6.26. The summed E-state index contributed by atoms with van der Waals surface area (Å²) in [6.07, 6.45) is 2.25. The van der Waals surface area contributed by atoms with Gasteiger partial charge in [0.2, 0.25) is 5.91 Å². The topological polar surface area (TPSA) is 58.1 Å². The number of hydrogen-bond donors (Lipinski definition) is 1. The van der Waals surface area contributed by atoms with E-state index in [1.165, 1.54) is 12.1 Å². The highest BCUT2D eigenvalue weighted by atomic mass is 19.1. The van der Waals surface area contributed by atoms with Gasteiger partial charge in [-0.1, -0.05) is 0 Å². The first-order valence-corrected chi connectivity index (χ1v) is 9.59. The van der Waals surface area contributed by atoms with E-state index in [-0.39, 0.29) is 11.7 Å². The van der Waals surface area contributed by atoms with Gasteiger partial charge in [-0.2, -0.15) is 0 Å². The highest BCUT2D eigenvalue weighted by molar-refractivity contribution is 5.72. The van der Waals surface area contributed by atoms with E-state index in [0.717, 1.165) is 55.3 Å². The van der Waals surface area contributed by atoms with E-state index in [2.05, 4.69) is 21.3 Å². The number of piperidine rings is 3. The molecule has 1 unspecified atom stereocenters. The molecular weight excluding hydrogens is 343 g/mol. The summed E-state index contributed by atoms with van der Waals surface area (Å²) >= 11 is 0. The van der Waals surface area contributed by atoms with Crippen molar-refractivity contribution in [3.63, 3.8) is 0 Å². The van der Waals surface area contributed by atoms with Gasteiger partial charge in [0.1, 0.15) is 11.6 Å². The van der Waals surface area contributed by atoms with Gasteiger partial charge < -0.3 is 5.32 Å². The molecule has 1 amide bonds. The summed E-state index contributed by atoms with van der Waals surface area (Å²) in [4.78, 5) is 23.0. The van der Waals surface area contributed by atoms with Crippen molar-refractivity contribution < 1.29 is 9.18 Å². The maximum Gasteiger partial charge on any atom is 0.216 e. The van der Waals surface area contributed by atoms with Gasteiger partial charge in [-0.25, -0.2) is 14.4 Å². The van der Waals surface area contributed by atoms with Crippen LogP contribution in [-0.4, -0.2) is 46.5 Å². The van der Waals surface area contributed by atoms with E-state index in [9.17, 15) is 9.18 Å². The molecule has 0 spiro atoms. The van der Waals surface area contributed by atoms with E-state index < -0.39 is 0 Å². The SMILES string of the molecule is CC(=O)NC[C@H]1C[C@@H]2CCN1C[C@H]2c1cc(-c2ccc(F)cc2)nc(C)n1. The number of amides is 1. The minimum atomic E-state index is -0.243. The third kappa shape index (κ3) is 3.86. The molecule has 5 nitrogen and oxygen atoms in total. The van der Waals surface area contributed by atoms with Crippen LogP contribution >= 0.6 is 0 Å².